The smallest absolute Gasteiger partial charge is 0.0741 e. The first kappa shape index (κ1) is 13.0. The number of hydrogen-bond donors (Lipinski definition) is 2. The Balaban J connectivity index is 2.33. The van der Waals surface area contributed by atoms with Gasteiger partial charge in [0.25, 0.3) is 0 Å². The SMILES string of the molecule is CCC(C)(O)CNC1CCC(C)CC1C. The highest BCUT2D eigenvalue weighted by molar-refractivity contribution is 4.84. The molecule has 1 rings (SSSR count). The van der Waals surface area contributed by atoms with Gasteiger partial charge in [-0.15, -0.1) is 0 Å². The van der Waals surface area contributed by atoms with Gasteiger partial charge in [0.1, 0.15) is 0 Å². The van der Waals surface area contributed by atoms with Gasteiger partial charge in [-0.3, -0.25) is 0 Å². The van der Waals surface area contributed by atoms with Crippen molar-refractivity contribution in [1.29, 1.82) is 0 Å². The number of aliphatic hydroxyl groups is 1. The second-order valence-corrected chi connectivity index (χ2v) is 5.73. The molecule has 2 N–H and O–H groups in total. The molecule has 1 saturated carbocycles. The van der Waals surface area contributed by atoms with Gasteiger partial charge in [-0.05, 0) is 44.4 Å². The maximum atomic E-state index is 9.93. The summed E-state index contributed by atoms with van der Waals surface area (Å²) in [5.74, 6) is 1.63. The average Bonchev–Trinajstić information content (AvgIpc) is 2.16. The molecule has 0 saturated heterocycles. The Labute approximate surface area is 94.5 Å². The van der Waals surface area contributed by atoms with Gasteiger partial charge in [-0.25, -0.2) is 0 Å². The Kier molecular flexibility index (Phi) is 4.60. The molecule has 1 fully saturated rings. The molecule has 0 aromatic carbocycles. The lowest BCUT2D eigenvalue weighted by molar-refractivity contribution is 0.0474. The second-order valence-electron chi connectivity index (χ2n) is 5.73. The van der Waals surface area contributed by atoms with Crippen molar-refractivity contribution in [2.75, 3.05) is 6.54 Å². The summed E-state index contributed by atoms with van der Waals surface area (Å²) < 4.78 is 0. The molecule has 1 aliphatic carbocycles. The summed E-state index contributed by atoms with van der Waals surface area (Å²) in [5, 5.41) is 13.5. The van der Waals surface area contributed by atoms with Gasteiger partial charge in [0.2, 0.25) is 0 Å². The number of nitrogens with one attached hydrogen (secondary N) is 1. The molecule has 15 heavy (non-hydrogen) atoms. The van der Waals surface area contributed by atoms with Gasteiger partial charge in [0.15, 0.2) is 0 Å². The van der Waals surface area contributed by atoms with E-state index in [9.17, 15) is 5.11 Å². The lowest BCUT2D eigenvalue weighted by Gasteiger charge is -2.35. The zero-order valence-electron chi connectivity index (χ0n) is 10.7. The van der Waals surface area contributed by atoms with Gasteiger partial charge in [-0.2, -0.15) is 0 Å². The molecule has 0 heterocycles. The van der Waals surface area contributed by atoms with Gasteiger partial charge in [0, 0.05) is 12.6 Å². The molecule has 90 valence electrons. The molecule has 0 aromatic heterocycles. The van der Waals surface area contributed by atoms with E-state index in [0.29, 0.717) is 6.04 Å². The monoisotopic (exact) mass is 213 g/mol. The summed E-state index contributed by atoms with van der Waals surface area (Å²) in [6.45, 7) is 9.35. The van der Waals surface area contributed by atoms with Crippen molar-refractivity contribution in [1.82, 2.24) is 5.32 Å². The summed E-state index contributed by atoms with van der Waals surface area (Å²) in [7, 11) is 0. The third-order valence-corrected chi connectivity index (χ3v) is 3.94. The van der Waals surface area contributed by atoms with Crippen LogP contribution >= 0.6 is 0 Å². The fourth-order valence-electron chi connectivity index (χ4n) is 2.44. The molecule has 4 atom stereocenters. The van der Waals surface area contributed by atoms with Gasteiger partial charge < -0.3 is 10.4 Å². The van der Waals surface area contributed by atoms with Crippen LogP contribution in [0.2, 0.25) is 0 Å². The van der Waals surface area contributed by atoms with Gasteiger partial charge >= 0.3 is 0 Å². The van der Waals surface area contributed by atoms with E-state index in [1.807, 2.05) is 13.8 Å². The van der Waals surface area contributed by atoms with Crippen molar-refractivity contribution in [3.63, 3.8) is 0 Å². The number of rotatable bonds is 4. The van der Waals surface area contributed by atoms with Crippen LogP contribution in [0.15, 0.2) is 0 Å². The molecule has 0 amide bonds. The van der Waals surface area contributed by atoms with E-state index in [-0.39, 0.29) is 0 Å². The molecular weight excluding hydrogens is 186 g/mol. The van der Waals surface area contributed by atoms with Crippen LogP contribution in [0.4, 0.5) is 0 Å². The first-order valence-electron chi connectivity index (χ1n) is 6.40. The Morgan fingerprint density at radius 1 is 1.33 bits per heavy atom. The first-order valence-corrected chi connectivity index (χ1v) is 6.40. The van der Waals surface area contributed by atoms with Crippen LogP contribution in [0.25, 0.3) is 0 Å². The fourth-order valence-corrected chi connectivity index (χ4v) is 2.44. The summed E-state index contributed by atoms with van der Waals surface area (Å²) in [4.78, 5) is 0. The van der Waals surface area contributed by atoms with Gasteiger partial charge in [-0.1, -0.05) is 20.8 Å². The Bertz CT molecular complexity index is 191. The zero-order valence-corrected chi connectivity index (χ0v) is 10.7. The van der Waals surface area contributed by atoms with E-state index >= 15 is 0 Å². The van der Waals surface area contributed by atoms with E-state index in [1.165, 1.54) is 19.3 Å². The minimum Gasteiger partial charge on any atom is -0.389 e. The van der Waals surface area contributed by atoms with Crippen molar-refractivity contribution in [3.8, 4) is 0 Å². The average molecular weight is 213 g/mol. The summed E-state index contributed by atoms with van der Waals surface area (Å²) in [6.07, 6.45) is 4.74. The van der Waals surface area contributed by atoms with Crippen molar-refractivity contribution < 1.29 is 5.11 Å². The highest BCUT2D eigenvalue weighted by Crippen LogP contribution is 2.28. The Morgan fingerprint density at radius 3 is 2.53 bits per heavy atom. The maximum absolute atomic E-state index is 9.93. The minimum atomic E-state index is -0.539. The van der Waals surface area contributed by atoms with Crippen molar-refractivity contribution in [2.24, 2.45) is 11.8 Å². The molecule has 0 spiro atoms. The summed E-state index contributed by atoms with van der Waals surface area (Å²) >= 11 is 0. The Morgan fingerprint density at radius 2 is 2.00 bits per heavy atom. The van der Waals surface area contributed by atoms with E-state index in [1.54, 1.807) is 0 Å². The standard InChI is InChI=1S/C13H27NO/c1-5-13(4,15)9-14-12-7-6-10(2)8-11(12)3/h10-12,14-15H,5-9H2,1-4H3. The second kappa shape index (κ2) is 5.31. The summed E-state index contributed by atoms with van der Waals surface area (Å²) in [6, 6.07) is 0.610. The number of hydrogen-bond acceptors (Lipinski definition) is 2. The van der Waals surface area contributed by atoms with Gasteiger partial charge in [0.05, 0.1) is 5.60 Å². The maximum Gasteiger partial charge on any atom is 0.0741 e. The van der Waals surface area contributed by atoms with Crippen LogP contribution in [-0.2, 0) is 0 Å². The minimum absolute atomic E-state index is 0.539. The molecule has 2 nitrogen and oxygen atoms in total. The molecule has 0 bridgehead atoms. The largest absolute Gasteiger partial charge is 0.389 e. The fraction of sp³-hybridized carbons (Fsp3) is 1.00. The van der Waals surface area contributed by atoms with E-state index in [0.717, 1.165) is 24.8 Å². The van der Waals surface area contributed by atoms with Crippen molar-refractivity contribution in [2.45, 2.75) is 65.0 Å². The predicted molar refractivity (Wildman–Crippen MR) is 64.9 cm³/mol. The normalized spacial score (nSPS) is 36.2. The topological polar surface area (TPSA) is 32.3 Å². The predicted octanol–water partition coefficient (Wildman–Crippen LogP) is 2.56. The molecule has 1 aliphatic rings. The van der Waals surface area contributed by atoms with Crippen LogP contribution < -0.4 is 5.32 Å². The van der Waals surface area contributed by atoms with E-state index < -0.39 is 5.60 Å². The van der Waals surface area contributed by atoms with Crippen LogP contribution in [0.1, 0.15) is 53.4 Å². The van der Waals surface area contributed by atoms with Crippen LogP contribution in [0.3, 0.4) is 0 Å². The molecule has 4 unspecified atom stereocenters. The molecule has 2 heteroatoms. The molecular formula is C13H27NO. The zero-order chi connectivity index (χ0) is 11.5. The summed E-state index contributed by atoms with van der Waals surface area (Å²) in [5.41, 5.74) is -0.539. The van der Waals surface area contributed by atoms with Crippen molar-refractivity contribution >= 4 is 0 Å². The third kappa shape index (κ3) is 4.12. The Hall–Kier alpha value is -0.0800. The highest BCUT2D eigenvalue weighted by Gasteiger charge is 2.27. The van der Waals surface area contributed by atoms with Crippen LogP contribution in [0, 0.1) is 11.8 Å². The quantitative estimate of drug-likeness (QED) is 0.752. The third-order valence-electron chi connectivity index (χ3n) is 3.94. The van der Waals surface area contributed by atoms with Crippen LogP contribution in [0.5, 0.6) is 0 Å². The lowest BCUT2D eigenvalue weighted by atomic mass is 9.79. The van der Waals surface area contributed by atoms with E-state index in [2.05, 4.69) is 19.2 Å². The lowest BCUT2D eigenvalue weighted by Crippen LogP contribution is -2.46. The molecule has 0 aliphatic heterocycles. The molecule has 0 aromatic rings. The van der Waals surface area contributed by atoms with Crippen LogP contribution in [-0.4, -0.2) is 23.3 Å². The van der Waals surface area contributed by atoms with Crippen molar-refractivity contribution in [3.05, 3.63) is 0 Å². The first-order chi connectivity index (χ1) is 6.94. The highest BCUT2D eigenvalue weighted by atomic mass is 16.3. The van der Waals surface area contributed by atoms with E-state index in [4.69, 9.17) is 0 Å². The molecule has 0 radical (unpaired) electrons.